The molecule has 2 heterocycles. The Morgan fingerprint density at radius 2 is 1.00 bits per heavy atom. The van der Waals surface area contributed by atoms with Crippen LogP contribution in [-0.2, 0) is 37.3 Å². The number of hydrogen-bond donors (Lipinski definition) is 0. The number of pyridine rings is 1. The SMILES string of the molecule is CC(C)(C)c1ccnc(-c2[c-]c(Oc3[c-]c(N4[CH-]N(c5c(-c6ccccc6)cc(C(C)(C)C)cc5-c5ccccc5)c5ccccc54)cc(C4(c5ccccc5)c5ccccc5-c5ccccc54)c3)ccc2)c1.[Pt]. The van der Waals surface area contributed by atoms with Gasteiger partial charge in [0, 0.05) is 72.4 Å². The summed E-state index contributed by atoms with van der Waals surface area (Å²) in [6.45, 7) is 15.8. The third-order valence-electron chi connectivity index (χ3n) is 14.6. The van der Waals surface area contributed by atoms with Gasteiger partial charge in [-0.3, -0.25) is 0 Å². The number of anilines is 4. The van der Waals surface area contributed by atoms with Crippen LogP contribution in [0.25, 0.3) is 44.6 Å². The summed E-state index contributed by atoms with van der Waals surface area (Å²) in [5.74, 6) is 1.15. The van der Waals surface area contributed by atoms with Gasteiger partial charge in [0.05, 0.1) is 0 Å². The molecule has 1 aliphatic carbocycles. The van der Waals surface area contributed by atoms with Gasteiger partial charge in [0.15, 0.2) is 0 Å². The Balaban J connectivity index is 0.00000588. The van der Waals surface area contributed by atoms with E-state index in [1.54, 1.807) is 0 Å². The van der Waals surface area contributed by atoms with Crippen molar-refractivity contribution in [2.75, 3.05) is 9.80 Å². The average Bonchev–Trinajstić information content (AvgIpc) is 3.96. The van der Waals surface area contributed by atoms with Gasteiger partial charge in [0.2, 0.25) is 0 Å². The van der Waals surface area contributed by atoms with E-state index in [2.05, 4.69) is 276 Å². The molecule has 0 fully saturated rings. The van der Waals surface area contributed by atoms with Gasteiger partial charge < -0.3 is 19.5 Å². The van der Waals surface area contributed by atoms with E-state index in [0.717, 1.165) is 61.8 Å². The van der Waals surface area contributed by atoms with Crippen LogP contribution in [0.5, 0.6) is 11.5 Å². The van der Waals surface area contributed by atoms with Crippen LogP contribution in [0.15, 0.2) is 225 Å². The molecule has 74 heavy (non-hydrogen) atoms. The molecule has 10 aromatic rings. The summed E-state index contributed by atoms with van der Waals surface area (Å²) in [4.78, 5) is 9.48. The van der Waals surface area contributed by atoms with Crippen LogP contribution >= 0.6 is 0 Å². The Kier molecular flexibility index (Phi) is 12.6. The fourth-order valence-electron chi connectivity index (χ4n) is 10.9. The van der Waals surface area contributed by atoms with Crippen LogP contribution in [-0.4, -0.2) is 4.98 Å². The maximum absolute atomic E-state index is 7.10. The van der Waals surface area contributed by atoms with Crippen LogP contribution in [0.1, 0.15) is 74.9 Å². The summed E-state index contributed by atoms with van der Waals surface area (Å²) in [6.07, 6.45) is 1.89. The fourth-order valence-corrected chi connectivity index (χ4v) is 10.9. The Morgan fingerprint density at radius 3 is 1.59 bits per heavy atom. The van der Waals surface area contributed by atoms with Crippen molar-refractivity contribution in [2.45, 2.75) is 57.8 Å². The third-order valence-corrected chi connectivity index (χ3v) is 14.6. The van der Waals surface area contributed by atoms with Gasteiger partial charge in [0.1, 0.15) is 0 Å². The molecule has 1 aliphatic heterocycles. The molecule has 0 atom stereocenters. The van der Waals surface area contributed by atoms with Crippen LogP contribution in [0, 0.1) is 18.8 Å². The van der Waals surface area contributed by atoms with E-state index in [0.29, 0.717) is 11.5 Å². The Hall–Kier alpha value is -7.78. The number of aromatic nitrogens is 1. The minimum Gasteiger partial charge on any atom is -0.503 e. The normalized spacial score (nSPS) is 13.4. The molecule has 0 amide bonds. The molecule has 12 rings (SSSR count). The summed E-state index contributed by atoms with van der Waals surface area (Å²) >= 11 is 0. The number of rotatable bonds is 9. The maximum Gasteiger partial charge on any atom is 0.0496 e. The van der Waals surface area contributed by atoms with Gasteiger partial charge in [-0.05, 0) is 96.9 Å². The number of para-hydroxylation sites is 2. The van der Waals surface area contributed by atoms with Crippen molar-refractivity contribution < 1.29 is 25.8 Å². The summed E-state index contributed by atoms with van der Waals surface area (Å²) in [7, 11) is 0. The monoisotopic (exact) mass is 1140 g/mol. The number of fused-ring (bicyclic) bond motifs is 4. The van der Waals surface area contributed by atoms with Crippen molar-refractivity contribution in [2.24, 2.45) is 0 Å². The second-order valence-corrected chi connectivity index (χ2v) is 21.3. The van der Waals surface area contributed by atoms with Crippen molar-refractivity contribution in [3.05, 3.63) is 277 Å². The smallest absolute Gasteiger partial charge is 0.0496 e. The minimum absolute atomic E-state index is 0. The molecule has 5 heteroatoms. The molecule has 0 bridgehead atoms. The third kappa shape index (κ3) is 8.55. The van der Waals surface area contributed by atoms with Crippen molar-refractivity contribution in [3.63, 3.8) is 0 Å². The molecular weight excluding hydrogens is 1080 g/mol. The van der Waals surface area contributed by atoms with Gasteiger partial charge in [-0.2, -0.15) is 0 Å². The molecule has 0 radical (unpaired) electrons. The van der Waals surface area contributed by atoms with E-state index in [1.807, 2.05) is 18.3 Å². The number of hydrogen-bond acceptors (Lipinski definition) is 4. The molecule has 0 saturated carbocycles. The van der Waals surface area contributed by atoms with Crippen LogP contribution in [0.4, 0.5) is 22.7 Å². The molecule has 4 nitrogen and oxygen atoms in total. The molecule has 1 aromatic heterocycles. The zero-order valence-corrected chi connectivity index (χ0v) is 44.8. The van der Waals surface area contributed by atoms with Gasteiger partial charge in [0.25, 0.3) is 0 Å². The first-order valence-corrected chi connectivity index (χ1v) is 25.3. The summed E-state index contributed by atoms with van der Waals surface area (Å²) in [5.41, 5.74) is 19.1. The predicted molar refractivity (Wildman–Crippen MR) is 301 cm³/mol. The van der Waals surface area contributed by atoms with E-state index < -0.39 is 5.41 Å². The first-order valence-electron chi connectivity index (χ1n) is 25.3. The Bertz CT molecular complexity index is 3560. The van der Waals surface area contributed by atoms with E-state index in [4.69, 9.17) is 9.72 Å². The van der Waals surface area contributed by atoms with Crippen LogP contribution in [0.3, 0.4) is 0 Å². The second kappa shape index (κ2) is 19.2. The summed E-state index contributed by atoms with van der Waals surface area (Å²) in [5, 5.41) is 0. The standard InChI is InChI=1S/C69H56N3O.Pt/c1-67(2,3)51-37-38-70-63(44-51)49-27-22-30-55(39-49)73-56-41-53(69(50-28-14-9-15-29-50)61-33-18-16-31-57(61)58-32-17-19-34-62(58)69)40-54(45-56)71-46-72(65-36-21-20-35-64(65)71)66-59(47-23-10-7-11-24-47)42-52(68(4,5)6)43-60(66)48-25-12-8-13-26-48;/h7-38,40-44,46H,1-6H3;/q-3;. The van der Waals surface area contributed by atoms with Crippen molar-refractivity contribution in [1.82, 2.24) is 4.98 Å². The number of benzene rings is 9. The molecule has 9 aromatic carbocycles. The van der Waals surface area contributed by atoms with E-state index in [-0.39, 0.29) is 31.9 Å². The second-order valence-electron chi connectivity index (χ2n) is 21.3. The van der Waals surface area contributed by atoms with Gasteiger partial charge in [-0.25, -0.2) is 0 Å². The van der Waals surface area contributed by atoms with Crippen LogP contribution < -0.4 is 14.5 Å². The largest absolute Gasteiger partial charge is 0.503 e. The Labute approximate surface area is 451 Å². The van der Waals surface area contributed by atoms with Gasteiger partial charge >= 0.3 is 0 Å². The Morgan fingerprint density at radius 1 is 0.459 bits per heavy atom. The minimum atomic E-state index is -0.706. The van der Waals surface area contributed by atoms with Crippen molar-refractivity contribution in [1.29, 1.82) is 0 Å². The molecule has 366 valence electrons. The maximum atomic E-state index is 7.10. The van der Waals surface area contributed by atoms with Crippen molar-refractivity contribution >= 4 is 22.7 Å². The molecule has 0 unspecified atom stereocenters. The topological polar surface area (TPSA) is 28.6 Å². The zero-order valence-electron chi connectivity index (χ0n) is 42.5. The zero-order chi connectivity index (χ0) is 49.9. The molecule has 0 N–H and O–H groups in total. The van der Waals surface area contributed by atoms with Crippen molar-refractivity contribution in [3.8, 4) is 56.1 Å². The van der Waals surface area contributed by atoms with Gasteiger partial charge in [-0.15, -0.1) is 59.9 Å². The molecule has 0 saturated heterocycles. The summed E-state index contributed by atoms with van der Waals surface area (Å²) in [6, 6.07) is 86.1. The first kappa shape index (κ1) is 48.5. The predicted octanol–water partition coefficient (Wildman–Crippen LogP) is 17.8. The van der Waals surface area contributed by atoms with Gasteiger partial charge in [-0.1, -0.05) is 205 Å². The quantitative estimate of drug-likeness (QED) is 0.135. The van der Waals surface area contributed by atoms with E-state index in [9.17, 15) is 0 Å². The molecule has 2 aliphatic rings. The first-order chi connectivity index (χ1) is 35.4. The summed E-state index contributed by atoms with van der Waals surface area (Å²) < 4.78 is 7.10. The van der Waals surface area contributed by atoms with E-state index in [1.165, 1.54) is 38.9 Å². The number of nitrogens with zero attached hydrogens (tertiary/aromatic N) is 3. The molecule has 0 spiro atoms. The van der Waals surface area contributed by atoms with E-state index >= 15 is 0 Å². The fraction of sp³-hybridized carbons (Fsp3) is 0.130. The molecular formula is C69H56N3OPt-3. The average molecular weight is 1140 g/mol. The number of ether oxygens (including phenoxy) is 1. The van der Waals surface area contributed by atoms with Crippen LogP contribution in [0.2, 0.25) is 0 Å².